The van der Waals surface area contributed by atoms with E-state index in [4.69, 9.17) is 7.49 Å². The Hall–Kier alpha value is -6.93. The number of halogens is 6. The Morgan fingerprint density at radius 2 is 1.07 bits per heavy atom. The summed E-state index contributed by atoms with van der Waals surface area (Å²) in [5.74, 6) is 0. The molecule has 0 saturated carbocycles. The van der Waals surface area contributed by atoms with E-state index in [-0.39, 0.29) is 48.4 Å². The van der Waals surface area contributed by atoms with E-state index in [1.54, 1.807) is 19.2 Å². The molecular weight excluding hydrogens is 1010 g/mol. The van der Waals surface area contributed by atoms with Crippen molar-refractivity contribution in [3.8, 4) is 22.3 Å². The molecule has 357 valence electrons. The average Bonchev–Trinajstić information content (AvgIpc) is 3.92. The zero-order valence-corrected chi connectivity index (χ0v) is 43.8. The largest absolute Gasteiger partial charge is 2.00 e. The fourth-order valence-electron chi connectivity index (χ4n) is 8.83. The van der Waals surface area contributed by atoms with Gasteiger partial charge in [-0.2, -0.15) is 6.07 Å². The standard InChI is InChI=1S/C28H21.C20H14BF6Si.C16H13.Zr/c1-5-13-23(14-6-1)21-27(25-17-9-3-10-18-25)28(26-19-11-4-12-20-26)22-24-15-7-2-8-16-24;1-28(2)10-13-17(20(25,26)27)16-12(18(13)21)8-9-14(19(22,23)24)15(16)11-6-4-3-5-7-11;1-12-10-14-8-5-9-15(16(14)11-12)13-6-3-2-4-7-13;/h1-21H;3-10H,1-2H3;2-11H,1H3;/q-1;;-1;+2. The van der Waals surface area contributed by atoms with Crippen LogP contribution in [-0.2, 0) is 32.4 Å². The molecule has 0 aliphatic heterocycles. The van der Waals surface area contributed by atoms with E-state index >= 15 is 0 Å². The summed E-state index contributed by atoms with van der Waals surface area (Å²) in [4.78, 5) is 0. The molecule has 9 heteroatoms. The van der Waals surface area contributed by atoms with E-state index in [9.17, 15) is 26.3 Å². The Labute approximate surface area is 445 Å². The maximum Gasteiger partial charge on any atom is 2.00 e. The summed E-state index contributed by atoms with van der Waals surface area (Å²) in [5, 5.41) is 2.69. The van der Waals surface area contributed by atoms with Crippen LogP contribution in [0.5, 0.6) is 0 Å². The summed E-state index contributed by atoms with van der Waals surface area (Å²) in [5.41, 5.74) is 8.64. The van der Waals surface area contributed by atoms with Gasteiger partial charge in [0.05, 0.1) is 0 Å². The van der Waals surface area contributed by atoms with Crippen molar-refractivity contribution < 1.29 is 52.5 Å². The van der Waals surface area contributed by atoms with Crippen molar-refractivity contribution in [2.24, 2.45) is 0 Å². The Bertz CT molecular complexity index is 3340. The van der Waals surface area contributed by atoms with Crippen molar-refractivity contribution >= 4 is 60.6 Å². The van der Waals surface area contributed by atoms with Crippen molar-refractivity contribution in [1.29, 1.82) is 0 Å². The second kappa shape index (κ2) is 24.2. The van der Waals surface area contributed by atoms with Crippen molar-refractivity contribution in [3.05, 3.63) is 281 Å². The predicted molar refractivity (Wildman–Crippen MR) is 292 cm³/mol. The van der Waals surface area contributed by atoms with Gasteiger partial charge in [-0.1, -0.05) is 181 Å². The molecule has 9 aromatic carbocycles. The molecule has 9 aromatic rings. The maximum atomic E-state index is 14.0. The summed E-state index contributed by atoms with van der Waals surface area (Å²) in [6.45, 7) is 5.71. The fraction of sp³-hybridized carbons (Fsp3) is 0.0781. The van der Waals surface area contributed by atoms with Crippen LogP contribution in [0.1, 0.15) is 44.5 Å². The molecule has 0 aromatic heterocycles. The molecule has 0 N–H and O–H groups in total. The summed E-state index contributed by atoms with van der Waals surface area (Å²) >= 11 is 0. The summed E-state index contributed by atoms with van der Waals surface area (Å²) < 4.78 is 83.1. The van der Waals surface area contributed by atoms with Crippen LogP contribution in [0.25, 0.3) is 55.8 Å². The number of allylic oxidation sites excluding steroid dienone is 4. The van der Waals surface area contributed by atoms with Gasteiger partial charge < -0.3 is 0 Å². The third-order valence-electron chi connectivity index (χ3n) is 11.9. The molecule has 0 heterocycles. The molecule has 1 radical (unpaired) electrons. The number of hydrogen-bond donors (Lipinski definition) is 0. The molecule has 0 amide bonds. The zero-order chi connectivity index (χ0) is 50.8. The van der Waals surface area contributed by atoms with Gasteiger partial charge in [-0.25, -0.2) is 0 Å². The van der Waals surface area contributed by atoms with Gasteiger partial charge in [-0.15, -0.1) is 63.9 Å². The number of fused-ring (bicyclic) bond motifs is 2. The van der Waals surface area contributed by atoms with E-state index in [2.05, 4.69) is 171 Å². The number of aryl methyl sites for hydroxylation is 1. The Balaban J connectivity index is 0.000000165. The van der Waals surface area contributed by atoms with Gasteiger partial charge in [0.2, 0.25) is 0 Å². The van der Waals surface area contributed by atoms with Gasteiger partial charge in [0, 0.05) is 0 Å². The smallest absolute Gasteiger partial charge is 0.123 e. The van der Waals surface area contributed by atoms with Crippen LogP contribution in [0.2, 0.25) is 13.1 Å². The second-order valence-corrected chi connectivity index (χ2v) is 19.9. The molecule has 1 aliphatic carbocycles. The van der Waals surface area contributed by atoms with Crippen LogP contribution in [0.15, 0.2) is 230 Å². The Morgan fingerprint density at radius 3 is 1.62 bits per heavy atom. The second-order valence-electron chi connectivity index (χ2n) is 17.5. The minimum atomic E-state index is -4.85. The molecule has 0 atom stereocenters. The minimum absolute atomic E-state index is 0. The Morgan fingerprint density at radius 1 is 0.548 bits per heavy atom. The third-order valence-corrected chi connectivity index (χ3v) is 12.8. The fourth-order valence-corrected chi connectivity index (χ4v) is 9.71. The molecule has 0 spiro atoms. The van der Waals surface area contributed by atoms with E-state index in [1.165, 1.54) is 68.5 Å². The number of benzene rings is 8. The first-order valence-electron chi connectivity index (χ1n) is 23.4. The van der Waals surface area contributed by atoms with Crippen LogP contribution >= 0.6 is 0 Å². The molecule has 10 rings (SSSR count). The molecule has 0 bridgehead atoms. The number of hydrogen-bond acceptors (Lipinski definition) is 0. The van der Waals surface area contributed by atoms with Crippen LogP contribution < -0.4 is 0 Å². The summed E-state index contributed by atoms with van der Waals surface area (Å²) in [6.07, 6.45) is -3.77. The topological polar surface area (TPSA) is 0 Å². The van der Waals surface area contributed by atoms with Gasteiger partial charge in [-0.05, 0) is 11.1 Å². The predicted octanol–water partition coefficient (Wildman–Crippen LogP) is 17.2. The van der Waals surface area contributed by atoms with Crippen molar-refractivity contribution in [2.45, 2.75) is 32.4 Å². The van der Waals surface area contributed by atoms with Crippen LogP contribution in [-0.4, -0.2) is 33.2 Å². The SMILES string of the molecule is Cc1cc2c(-c3ccccc3)cccc2[cH-]1.[B]=C1C(C=[Si](C)C)=C(C(F)(F)F)c2c1ccc(C(F)(F)F)c2-c1ccccc1.[C-](=C(C(=Cc1ccccc1)c1ccccc1)c1ccccc1)c1ccccc1.[Zr+2]. The van der Waals surface area contributed by atoms with Crippen LogP contribution in [0, 0.1) is 13.0 Å². The number of rotatable bonds is 8. The zero-order valence-electron chi connectivity index (χ0n) is 40.4. The van der Waals surface area contributed by atoms with Crippen LogP contribution in [0.4, 0.5) is 26.3 Å². The first kappa shape index (κ1) is 53.9. The molecule has 73 heavy (non-hydrogen) atoms. The van der Waals surface area contributed by atoms with E-state index in [1.807, 2.05) is 30.3 Å². The average molecular weight is 1060 g/mol. The first-order chi connectivity index (χ1) is 34.7. The molecule has 0 fully saturated rings. The van der Waals surface area contributed by atoms with Gasteiger partial charge in [0.25, 0.3) is 0 Å². The third kappa shape index (κ3) is 13.2. The molecule has 0 saturated heterocycles. The number of alkyl halides is 6. The monoisotopic (exact) mass is 1060 g/mol. The van der Waals surface area contributed by atoms with Gasteiger partial charge in [0.15, 0.2) is 0 Å². The van der Waals surface area contributed by atoms with E-state index < -0.39 is 43.0 Å². The van der Waals surface area contributed by atoms with Crippen molar-refractivity contribution in [2.75, 3.05) is 0 Å². The summed E-state index contributed by atoms with van der Waals surface area (Å²) in [6, 6.07) is 72.5. The summed E-state index contributed by atoms with van der Waals surface area (Å²) in [7, 11) is 4.71. The van der Waals surface area contributed by atoms with Crippen LogP contribution in [0.3, 0.4) is 0 Å². The quantitative estimate of drug-likeness (QED) is 0.0468. The van der Waals surface area contributed by atoms with Gasteiger partial charge in [-0.3, -0.25) is 0 Å². The molecule has 0 unspecified atom stereocenters. The molecule has 1 aliphatic rings. The van der Waals surface area contributed by atoms with Crippen molar-refractivity contribution in [3.63, 3.8) is 0 Å². The molecule has 0 nitrogen and oxygen atoms in total. The van der Waals surface area contributed by atoms with Crippen molar-refractivity contribution in [1.82, 2.24) is 0 Å². The van der Waals surface area contributed by atoms with Gasteiger partial charge in [0.1, 0.15) is 0 Å². The van der Waals surface area contributed by atoms with E-state index in [0.29, 0.717) is 0 Å². The minimum Gasteiger partial charge on any atom is -0.123 e. The maximum absolute atomic E-state index is 14.0. The Kier molecular flexibility index (Phi) is 17.9. The van der Waals surface area contributed by atoms with E-state index in [0.717, 1.165) is 34.4 Å². The molecular formula is C64H48BF6SiZr. The normalized spacial score (nSPS) is 12.5. The first-order valence-corrected chi connectivity index (χ1v) is 25.9. The van der Waals surface area contributed by atoms with Gasteiger partial charge >= 0.3 is 186 Å².